The molecule has 0 radical (unpaired) electrons. The molecule has 1 atom stereocenters. The van der Waals surface area contributed by atoms with E-state index in [1.807, 2.05) is 61.5 Å². The van der Waals surface area contributed by atoms with Crippen LogP contribution in [0.3, 0.4) is 0 Å². The Morgan fingerprint density at radius 3 is 2.83 bits per heavy atom. The zero-order valence-corrected chi connectivity index (χ0v) is 18.2. The fourth-order valence-corrected chi connectivity index (χ4v) is 4.67. The summed E-state index contributed by atoms with van der Waals surface area (Å²) in [6.45, 7) is 2.30. The molecule has 1 saturated heterocycles. The first kappa shape index (κ1) is 20.0. The second kappa shape index (κ2) is 8.22. The highest BCUT2D eigenvalue weighted by Gasteiger charge is 2.33. The number of hydrogen-bond acceptors (Lipinski definition) is 5. The van der Waals surface area contributed by atoms with Gasteiger partial charge in [0, 0.05) is 10.6 Å². The molecule has 2 aliphatic rings. The average Bonchev–Trinajstić information content (AvgIpc) is 2.97. The van der Waals surface area contributed by atoms with Gasteiger partial charge in [-0.1, -0.05) is 65.9 Å². The molecule has 0 spiro atoms. The minimum absolute atomic E-state index is 0.121. The zero-order chi connectivity index (χ0) is 20.5. The molecule has 2 aromatic rings. The van der Waals surface area contributed by atoms with E-state index < -0.39 is 0 Å². The lowest BCUT2D eigenvalue weighted by molar-refractivity contribution is -0.122. The van der Waals surface area contributed by atoms with Gasteiger partial charge in [-0.05, 0) is 42.3 Å². The first-order valence-corrected chi connectivity index (χ1v) is 10.6. The van der Waals surface area contributed by atoms with Gasteiger partial charge < -0.3 is 9.47 Å². The normalized spacial score (nSPS) is 19.8. The number of fused-ring (bicyclic) bond motifs is 1. The Hall–Kier alpha value is -2.28. The van der Waals surface area contributed by atoms with Crippen LogP contribution in [0.4, 0.5) is 0 Å². The molecule has 2 heterocycles. The second-order valence-electron chi connectivity index (χ2n) is 6.64. The number of ether oxygens (including phenoxy) is 2. The summed E-state index contributed by atoms with van der Waals surface area (Å²) in [5.74, 6) is 1.28. The molecule has 2 aromatic carbocycles. The van der Waals surface area contributed by atoms with E-state index in [1.54, 1.807) is 12.0 Å². The van der Waals surface area contributed by atoms with Crippen LogP contribution in [-0.4, -0.2) is 28.3 Å². The van der Waals surface area contributed by atoms with Crippen LogP contribution in [0.1, 0.15) is 18.1 Å². The molecule has 0 bridgehead atoms. The second-order valence-corrected chi connectivity index (χ2v) is 8.73. The Morgan fingerprint density at radius 1 is 1.28 bits per heavy atom. The van der Waals surface area contributed by atoms with Crippen molar-refractivity contribution in [3.05, 3.63) is 75.2 Å². The summed E-state index contributed by atoms with van der Waals surface area (Å²) in [5, 5.41) is 0.619. The van der Waals surface area contributed by atoms with Gasteiger partial charge in [0.05, 0.1) is 18.6 Å². The van der Waals surface area contributed by atoms with Gasteiger partial charge in [0.1, 0.15) is 10.4 Å². The number of carbonyl (C=O) groups excluding carboxylic acids is 1. The number of benzene rings is 2. The van der Waals surface area contributed by atoms with E-state index in [-0.39, 0.29) is 12.0 Å². The van der Waals surface area contributed by atoms with Gasteiger partial charge in [-0.15, -0.1) is 0 Å². The first-order chi connectivity index (χ1) is 14.0. The summed E-state index contributed by atoms with van der Waals surface area (Å²) in [5.41, 5.74) is 2.69. The molecule has 1 fully saturated rings. The molecule has 2 aliphatic heterocycles. The summed E-state index contributed by atoms with van der Waals surface area (Å²) in [6, 6.07) is 13.2. The minimum Gasteiger partial charge on any atom is -0.493 e. The van der Waals surface area contributed by atoms with Crippen LogP contribution in [0.5, 0.6) is 11.5 Å². The number of para-hydroxylation sites is 1. The highest BCUT2D eigenvalue weighted by atomic mass is 35.5. The van der Waals surface area contributed by atoms with Gasteiger partial charge in [-0.2, -0.15) is 0 Å². The lowest BCUT2D eigenvalue weighted by Crippen LogP contribution is -2.27. The topological polar surface area (TPSA) is 38.8 Å². The van der Waals surface area contributed by atoms with Gasteiger partial charge in [-0.25, -0.2) is 0 Å². The summed E-state index contributed by atoms with van der Waals surface area (Å²) in [7, 11) is 1.62. The van der Waals surface area contributed by atoms with Crippen molar-refractivity contribution in [2.24, 2.45) is 0 Å². The van der Waals surface area contributed by atoms with E-state index in [0.717, 1.165) is 16.7 Å². The van der Waals surface area contributed by atoms with Crippen LogP contribution in [0.15, 0.2) is 59.0 Å². The van der Waals surface area contributed by atoms with Crippen molar-refractivity contribution in [2.75, 3.05) is 7.11 Å². The smallest absolute Gasteiger partial charge is 0.266 e. The summed E-state index contributed by atoms with van der Waals surface area (Å²) >= 11 is 13.0. The molecule has 0 aromatic heterocycles. The number of halogens is 1. The lowest BCUT2D eigenvalue weighted by Gasteiger charge is -2.24. The number of methoxy groups -OCH3 is 1. The van der Waals surface area contributed by atoms with E-state index in [0.29, 0.717) is 32.3 Å². The molecule has 1 amide bonds. The van der Waals surface area contributed by atoms with Gasteiger partial charge >= 0.3 is 0 Å². The molecule has 4 nitrogen and oxygen atoms in total. The fraction of sp³-hybridized carbons (Fsp3) is 0.182. The Morgan fingerprint density at radius 2 is 2.07 bits per heavy atom. The third-order valence-electron chi connectivity index (χ3n) is 4.77. The van der Waals surface area contributed by atoms with Crippen molar-refractivity contribution in [1.82, 2.24) is 4.90 Å². The van der Waals surface area contributed by atoms with Crippen molar-refractivity contribution in [3.63, 3.8) is 0 Å². The quantitative estimate of drug-likeness (QED) is 0.463. The average molecular weight is 444 g/mol. The van der Waals surface area contributed by atoms with Crippen molar-refractivity contribution in [1.29, 1.82) is 0 Å². The van der Waals surface area contributed by atoms with Crippen LogP contribution in [0.2, 0.25) is 5.02 Å². The molecule has 0 N–H and O–H groups in total. The van der Waals surface area contributed by atoms with Gasteiger partial charge in [-0.3, -0.25) is 9.69 Å². The number of thiocarbonyl (C=S) groups is 1. The summed E-state index contributed by atoms with van der Waals surface area (Å²) in [6.07, 6.45) is 3.66. The number of amides is 1. The number of carbonyl (C=O) groups is 1. The molecule has 4 rings (SSSR count). The van der Waals surface area contributed by atoms with Crippen molar-refractivity contribution < 1.29 is 14.3 Å². The van der Waals surface area contributed by atoms with Crippen molar-refractivity contribution in [3.8, 4) is 11.5 Å². The van der Waals surface area contributed by atoms with Crippen LogP contribution >= 0.6 is 35.6 Å². The largest absolute Gasteiger partial charge is 0.493 e. The Balaban J connectivity index is 1.61. The maximum absolute atomic E-state index is 13.0. The maximum Gasteiger partial charge on any atom is 0.266 e. The van der Waals surface area contributed by atoms with Gasteiger partial charge in [0.2, 0.25) is 0 Å². The van der Waals surface area contributed by atoms with Crippen LogP contribution in [0, 0.1) is 0 Å². The molecule has 148 valence electrons. The Kier molecular flexibility index (Phi) is 5.67. The highest BCUT2D eigenvalue weighted by molar-refractivity contribution is 8.26. The monoisotopic (exact) mass is 443 g/mol. The SMILES string of the molecule is COc1cccc2c1OC(C)C(/C=C1\SC(=S)N(Cc3ccccc3Cl)C1=O)=C2. The van der Waals surface area contributed by atoms with E-state index in [1.165, 1.54) is 11.8 Å². The predicted octanol–water partition coefficient (Wildman–Crippen LogP) is 5.46. The predicted molar refractivity (Wildman–Crippen MR) is 121 cm³/mol. The third-order valence-corrected chi connectivity index (χ3v) is 6.52. The molecule has 29 heavy (non-hydrogen) atoms. The number of hydrogen-bond donors (Lipinski definition) is 0. The maximum atomic E-state index is 13.0. The standard InChI is InChI=1S/C22H18ClNO3S2/c1-13-16(10-14-7-5-9-18(26-2)20(14)27-13)11-19-21(25)24(22(28)29-19)12-15-6-3-4-8-17(15)23/h3-11,13H,12H2,1-2H3/b19-11-. The zero-order valence-electron chi connectivity index (χ0n) is 15.8. The van der Waals surface area contributed by atoms with E-state index in [9.17, 15) is 4.79 Å². The van der Waals surface area contributed by atoms with E-state index in [4.69, 9.17) is 33.3 Å². The molecule has 0 saturated carbocycles. The highest BCUT2D eigenvalue weighted by Crippen LogP contribution is 2.40. The Labute approximate surface area is 184 Å². The summed E-state index contributed by atoms with van der Waals surface area (Å²) in [4.78, 5) is 15.1. The third kappa shape index (κ3) is 3.92. The van der Waals surface area contributed by atoms with Crippen LogP contribution in [-0.2, 0) is 11.3 Å². The number of rotatable bonds is 4. The molecular weight excluding hydrogens is 426 g/mol. The van der Waals surface area contributed by atoms with Crippen molar-refractivity contribution in [2.45, 2.75) is 19.6 Å². The summed E-state index contributed by atoms with van der Waals surface area (Å²) < 4.78 is 12.0. The number of thioether (sulfide) groups is 1. The van der Waals surface area contributed by atoms with Gasteiger partial charge in [0.15, 0.2) is 11.5 Å². The van der Waals surface area contributed by atoms with E-state index >= 15 is 0 Å². The molecular formula is C22H18ClNO3S2. The fourth-order valence-electron chi connectivity index (χ4n) is 3.22. The minimum atomic E-state index is -0.217. The van der Waals surface area contributed by atoms with E-state index in [2.05, 4.69) is 0 Å². The van der Waals surface area contributed by atoms with Gasteiger partial charge in [0.25, 0.3) is 5.91 Å². The number of nitrogens with zero attached hydrogens (tertiary/aromatic N) is 1. The first-order valence-electron chi connectivity index (χ1n) is 9.02. The Bertz CT molecular complexity index is 1060. The van der Waals surface area contributed by atoms with Crippen LogP contribution in [0.25, 0.3) is 6.08 Å². The molecule has 1 unspecified atom stereocenters. The molecule has 7 heteroatoms. The molecule has 0 aliphatic carbocycles. The van der Waals surface area contributed by atoms with Crippen LogP contribution < -0.4 is 9.47 Å². The lowest BCUT2D eigenvalue weighted by atomic mass is 10.0. The van der Waals surface area contributed by atoms with Crippen molar-refractivity contribution >= 4 is 51.9 Å².